The molecule has 0 aliphatic heterocycles. The van der Waals surface area contributed by atoms with Gasteiger partial charge in [-0.2, -0.15) is 0 Å². The van der Waals surface area contributed by atoms with Crippen LogP contribution >= 0.6 is 15.9 Å². The Bertz CT molecular complexity index is 1790. The Morgan fingerprint density at radius 1 is 0.660 bits per heavy atom. The van der Waals surface area contributed by atoms with Gasteiger partial charge in [0.25, 0.3) is 0 Å². The molecule has 0 aliphatic rings. The fourth-order valence-corrected chi connectivity index (χ4v) is 3.81. The number of carboxylic acids is 1. The number of nitrogens with two attached hydrogens (primary N) is 1. The van der Waals surface area contributed by atoms with Gasteiger partial charge in [-0.1, -0.05) is 15.9 Å². The van der Waals surface area contributed by atoms with E-state index >= 15 is 0 Å². The van der Waals surface area contributed by atoms with E-state index in [1.807, 2.05) is 0 Å². The first-order valence-electron chi connectivity index (χ1n) is 12.1. The number of anilines is 2. The molecular weight excluding hydrogens is 730 g/mol. The monoisotopic (exact) mass is 747 g/mol. The summed E-state index contributed by atoms with van der Waals surface area (Å²) in [6.45, 7) is -0.762. The molecule has 0 unspecified atom stereocenters. The van der Waals surface area contributed by atoms with Gasteiger partial charge in [-0.05, 0) is 36.4 Å². The molecular formula is C28H18BrF10N2O6+. The number of halogens is 11. The zero-order valence-corrected chi connectivity index (χ0v) is 24.4. The molecule has 8 N–H and O–H groups in total. The van der Waals surface area contributed by atoms with Crippen molar-refractivity contribution in [2.24, 2.45) is 0 Å². The summed E-state index contributed by atoms with van der Waals surface area (Å²) in [5.41, 5.74) is 3.16. The summed E-state index contributed by atoms with van der Waals surface area (Å²) < 4.78 is 129. The zero-order chi connectivity index (χ0) is 35.9. The molecule has 4 rings (SSSR count). The van der Waals surface area contributed by atoms with Crippen LogP contribution in [0.3, 0.4) is 0 Å². The number of hydrogen-bond acceptors (Lipinski definition) is 6. The van der Waals surface area contributed by atoms with E-state index in [1.54, 1.807) is 0 Å². The van der Waals surface area contributed by atoms with Crippen molar-refractivity contribution in [1.82, 2.24) is 0 Å². The third-order valence-electron chi connectivity index (χ3n) is 5.70. The van der Waals surface area contributed by atoms with E-state index in [9.17, 15) is 58.6 Å². The van der Waals surface area contributed by atoms with Crippen molar-refractivity contribution < 1.29 is 73.9 Å². The van der Waals surface area contributed by atoms with Gasteiger partial charge in [0.05, 0.1) is 0 Å². The SMILES string of the molecule is Fc1c(F)c(F)c(CBr)c(F)c1F.Nc1ccc(O)c(C(=O)O)c1.O=C([OH2+])c1cc(NCc2c(F)c(F)c(F)c(F)c2F)ccc1O. The van der Waals surface area contributed by atoms with E-state index in [1.165, 1.54) is 24.3 Å². The maximum atomic E-state index is 13.5. The number of alkyl halides is 1. The van der Waals surface area contributed by atoms with Crippen LogP contribution in [0, 0.1) is 58.2 Å². The van der Waals surface area contributed by atoms with Gasteiger partial charge in [0, 0.05) is 39.2 Å². The molecule has 0 bridgehead atoms. The molecule has 4 aromatic carbocycles. The van der Waals surface area contributed by atoms with E-state index in [0.29, 0.717) is 5.69 Å². The number of phenols is 2. The zero-order valence-electron chi connectivity index (χ0n) is 22.8. The van der Waals surface area contributed by atoms with Gasteiger partial charge in [-0.25, -0.2) is 48.7 Å². The first-order chi connectivity index (χ1) is 21.8. The Kier molecular flexibility index (Phi) is 12.8. The fraction of sp³-hybridized carbons (Fsp3) is 0.0714. The van der Waals surface area contributed by atoms with Crippen LogP contribution in [-0.2, 0) is 11.9 Å². The lowest BCUT2D eigenvalue weighted by atomic mass is 10.1. The molecule has 0 saturated carbocycles. The highest BCUT2D eigenvalue weighted by atomic mass is 79.9. The van der Waals surface area contributed by atoms with Crippen molar-refractivity contribution in [3.05, 3.63) is 117 Å². The Morgan fingerprint density at radius 2 is 1.06 bits per heavy atom. The smallest absolute Gasteiger partial charge is 0.553 e. The van der Waals surface area contributed by atoms with Crippen molar-refractivity contribution in [2.45, 2.75) is 11.9 Å². The number of hydrogen-bond donors (Lipinski definition) is 5. The first-order valence-corrected chi connectivity index (χ1v) is 13.2. The van der Waals surface area contributed by atoms with E-state index in [2.05, 4.69) is 21.2 Å². The molecule has 19 heteroatoms. The highest BCUT2D eigenvalue weighted by Gasteiger charge is 2.26. The number of rotatable bonds is 6. The molecule has 0 spiro atoms. The fourth-order valence-electron chi connectivity index (χ4n) is 3.32. The molecule has 0 radical (unpaired) electrons. The predicted molar refractivity (Wildman–Crippen MR) is 148 cm³/mol. The maximum absolute atomic E-state index is 13.5. The quantitative estimate of drug-likeness (QED) is 0.0286. The molecule has 0 aliphatic carbocycles. The van der Waals surface area contributed by atoms with Crippen LogP contribution in [0.4, 0.5) is 55.3 Å². The second kappa shape index (κ2) is 15.9. The third kappa shape index (κ3) is 8.75. The molecule has 0 fully saturated rings. The Morgan fingerprint density at radius 3 is 1.47 bits per heavy atom. The molecule has 47 heavy (non-hydrogen) atoms. The van der Waals surface area contributed by atoms with E-state index in [-0.39, 0.29) is 22.6 Å². The van der Waals surface area contributed by atoms with Crippen molar-refractivity contribution in [2.75, 3.05) is 11.1 Å². The molecule has 0 aromatic heterocycles. The molecule has 0 saturated heterocycles. The molecule has 0 heterocycles. The normalized spacial score (nSPS) is 10.4. The Hall–Kier alpha value is -5.20. The van der Waals surface area contributed by atoms with Crippen molar-refractivity contribution >= 4 is 39.2 Å². The molecule has 0 amide bonds. The predicted octanol–water partition coefficient (Wildman–Crippen LogP) is 6.51. The lowest BCUT2D eigenvalue weighted by molar-refractivity contribution is 0.0682. The highest BCUT2D eigenvalue weighted by Crippen LogP contribution is 2.27. The van der Waals surface area contributed by atoms with Gasteiger partial charge < -0.3 is 31.5 Å². The lowest BCUT2D eigenvalue weighted by Crippen LogP contribution is -2.11. The number of nitrogens with one attached hydrogen (secondary N) is 1. The lowest BCUT2D eigenvalue weighted by Gasteiger charge is -2.11. The standard InChI is InChI=1S/C14H8F5NO3.C7H2BrF5.C7H7NO3/c15-9-7(10(16)12(18)13(19)11(9)17)4-20-5-1-2-8(21)6(3-5)14(22)23;8-1-2-3(9)5(11)7(13)6(12)4(2)10;8-4-1-2-6(9)5(3-4)7(10)11/h1-3,20-21H,4H2,(H,22,23);1H2;1-3,9H,8H2,(H,10,11)/p+1. The summed E-state index contributed by atoms with van der Waals surface area (Å²) >= 11 is 2.62. The summed E-state index contributed by atoms with van der Waals surface area (Å²) in [6, 6.07) is 7.14. The van der Waals surface area contributed by atoms with E-state index in [4.69, 9.17) is 21.1 Å². The van der Waals surface area contributed by atoms with Gasteiger partial charge >= 0.3 is 11.9 Å². The van der Waals surface area contributed by atoms with E-state index in [0.717, 1.165) is 12.1 Å². The second-order valence-corrected chi connectivity index (χ2v) is 9.29. The average molecular weight is 748 g/mol. The summed E-state index contributed by atoms with van der Waals surface area (Å²) in [4.78, 5) is 21.3. The van der Waals surface area contributed by atoms with Crippen LogP contribution in [0.1, 0.15) is 31.8 Å². The number of benzene rings is 4. The van der Waals surface area contributed by atoms with Crippen LogP contribution in [0.15, 0.2) is 36.4 Å². The second-order valence-electron chi connectivity index (χ2n) is 8.73. The van der Waals surface area contributed by atoms with Gasteiger partial charge in [0.2, 0.25) is 11.6 Å². The van der Waals surface area contributed by atoms with Gasteiger partial charge in [-0.15, -0.1) is 0 Å². The minimum Gasteiger partial charge on any atom is -0.561 e. The maximum Gasteiger partial charge on any atom is 0.553 e. The van der Waals surface area contributed by atoms with Crippen LogP contribution in [0.25, 0.3) is 0 Å². The average Bonchev–Trinajstić information content (AvgIpc) is 3.03. The molecule has 0 atom stereocenters. The Balaban J connectivity index is 0.000000270. The first kappa shape index (κ1) is 38.0. The summed E-state index contributed by atoms with van der Waals surface area (Å²) in [5.74, 6) is -23.0. The van der Waals surface area contributed by atoms with Crippen LogP contribution in [0.2, 0.25) is 0 Å². The van der Waals surface area contributed by atoms with Gasteiger partial charge in [-0.3, -0.25) is 0 Å². The van der Waals surface area contributed by atoms with Crippen molar-refractivity contribution in [3.8, 4) is 11.5 Å². The number of aromatic hydroxyl groups is 2. The number of phenolic OH excluding ortho intramolecular Hbond substituents is 1. The highest BCUT2D eigenvalue weighted by molar-refractivity contribution is 9.08. The topological polar surface area (TPSA) is 156 Å². The van der Waals surface area contributed by atoms with Crippen molar-refractivity contribution in [1.29, 1.82) is 0 Å². The minimum absolute atomic E-state index is 0.0438. The number of aromatic carboxylic acids is 1. The number of carbonyl (C=O) groups excluding carboxylic acids is 1. The number of nitrogen functional groups attached to an aromatic ring is 1. The van der Waals surface area contributed by atoms with Crippen LogP contribution < -0.4 is 11.1 Å². The third-order valence-corrected chi connectivity index (χ3v) is 6.26. The summed E-state index contributed by atoms with van der Waals surface area (Å²) in [7, 11) is 0. The largest absolute Gasteiger partial charge is 0.561 e. The molecule has 252 valence electrons. The minimum atomic E-state index is -2.25. The summed E-state index contributed by atoms with van der Waals surface area (Å²) in [5, 5.41) is 35.6. The summed E-state index contributed by atoms with van der Waals surface area (Å²) in [6.07, 6.45) is 0. The molecule has 4 aromatic rings. The molecule has 8 nitrogen and oxygen atoms in total. The van der Waals surface area contributed by atoms with Crippen LogP contribution in [0.5, 0.6) is 11.5 Å². The number of carbonyl (C=O) groups is 2. The van der Waals surface area contributed by atoms with Crippen LogP contribution in [-0.4, -0.2) is 32.4 Å². The van der Waals surface area contributed by atoms with E-state index < -0.39 is 98.9 Å². The Labute approximate surface area is 264 Å². The van der Waals surface area contributed by atoms with Gasteiger partial charge in [0.15, 0.2) is 52.1 Å². The number of carboxylic acid groups (broad SMARTS) is 1. The van der Waals surface area contributed by atoms with Gasteiger partial charge in [0.1, 0.15) is 17.1 Å². The van der Waals surface area contributed by atoms with Crippen molar-refractivity contribution in [3.63, 3.8) is 0 Å².